The van der Waals surface area contributed by atoms with Crippen LogP contribution in [0, 0.1) is 0 Å². The van der Waals surface area contributed by atoms with Crippen molar-refractivity contribution in [1.82, 2.24) is 4.90 Å². The Balaban J connectivity index is 1.58. The van der Waals surface area contributed by atoms with E-state index in [1.807, 2.05) is 25.2 Å². The van der Waals surface area contributed by atoms with E-state index in [1.54, 1.807) is 0 Å². The highest BCUT2D eigenvalue weighted by atomic mass is 19.4. The van der Waals surface area contributed by atoms with E-state index < -0.39 is 17.8 Å². The summed E-state index contributed by atoms with van der Waals surface area (Å²) in [7, 11) is 3.26. The average Bonchev–Trinajstić information content (AvgIpc) is 3.09. The first-order valence-electron chi connectivity index (χ1n) is 9.43. The molecule has 5 nitrogen and oxygen atoms in total. The molecule has 0 radical (unpaired) electrons. The Morgan fingerprint density at radius 2 is 1.83 bits per heavy atom. The van der Waals surface area contributed by atoms with Gasteiger partial charge in [-0.15, -0.1) is 0 Å². The number of carbonyl (C=O) groups excluding carboxylic acids is 1. The number of methoxy groups -OCH3 is 1. The first kappa shape index (κ1) is 19.6. The van der Waals surface area contributed by atoms with E-state index in [0.717, 1.165) is 31.1 Å². The second-order valence-corrected chi connectivity index (χ2v) is 7.48. The SMILES string of the molecule is COc1cc2c(cc1C(F)(F)F)N(C(=O)Nc1ccc3c(c1)CN(C)CC3)CC2. The van der Waals surface area contributed by atoms with Gasteiger partial charge in [-0.25, -0.2) is 4.79 Å². The number of hydrogen-bond donors (Lipinski definition) is 1. The molecule has 2 heterocycles. The molecule has 2 aromatic rings. The molecule has 0 saturated carbocycles. The number of alkyl halides is 3. The number of carbonyl (C=O) groups is 1. The molecule has 2 amide bonds. The van der Waals surface area contributed by atoms with Crippen molar-refractivity contribution >= 4 is 17.4 Å². The monoisotopic (exact) mass is 405 g/mol. The summed E-state index contributed by atoms with van der Waals surface area (Å²) in [6.07, 6.45) is -3.12. The van der Waals surface area contributed by atoms with Crippen molar-refractivity contribution in [3.8, 4) is 5.75 Å². The summed E-state index contributed by atoms with van der Waals surface area (Å²) < 4.78 is 45.0. The van der Waals surface area contributed by atoms with Gasteiger partial charge in [-0.3, -0.25) is 4.90 Å². The lowest BCUT2D eigenvalue weighted by Gasteiger charge is -2.26. The minimum Gasteiger partial charge on any atom is -0.496 e. The van der Waals surface area contributed by atoms with E-state index in [1.165, 1.54) is 23.6 Å². The van der Waals surface area contributed by atoms with Crippen molar-refractivity contribution < 1.29 is 22.7 Å². The van der Waals surface area contributed by atoms with Gasteiger partial charge < -0.3 is 15.0 Å². The number of benzene rings is 2. The lowest BCUT2D eigenvalue weighted by molar-refractivity contribution is -0.138. The number of hydrogen-bond acceptors (Lipinski definition) is 3. The summed E-state index contributed by atoms with van der Waals surface area (Å²) in [6.45, 7) is 2.12. The maximum atomic E-state index is 13.4. The normalized spacial score (nSPS) is 16.4. The minimum atomic E-state index is -4.56. The molecule has 0 aromatic heterocycles. The molecule has 2 aliphatic rings. The molecule has 154 valence electrons. The van der Waals surface area contributed by atoms with Gasteiger partial charge in [0.2, 0.25) is 0 Å². The van der Waals surface area contributed by atoms with Gasteiger partial charge in [0.05, 0.1) is 12.7 Å². The molecule has 0 atom stereocenters. The van der Waals surface area contributed by atoms with Crippen molar-refractivity contribution in [2.45, 2.75) is 25.6 Å². The molecule has 2 aliphatic heterocycles. The fourth-order valence-electron chi connectivity index (χ4n) is 3.98. The molecule has 4 rings (SSSR count). The first-order valence-corrected chi connectivity index (χ1v) is 9.43. The average molecular weight is 405 g/mol. The van der Waals surface area contributed by atoms with Gasteiger partial charge in [0.1, 0.15) is 5.75 Å². The topological polar surface area (TPSA) is 44.8 Å². The predicted octanol–water partition coefficient (Wildman–Crippen LogP) is 4.30. The van der Waals surface area contributed by atoms with E-state index in [4.69, 9.17) is 4.74 Å². The van der Waals surface area contributed by atoms with Crippen molar-refractivity contribution in [2.75, 3.05) is 37.5 Å². The highest BCUT2D eigenvalue weighted by molar-refractivity contribution is 6.03. The van der Waals surface area contributed by atoms with Crippen LogP contribution in [0.2, 0.25) is 0 Å². The Hall–Kier alpha value is -2.74. The molecule has 29 heavy (non-hydrogen) atoms. The molecule has 0 fully saturated rings. The van der Waals surface area contributed by atoms with E-state index in [2.05, 4.69) is 10.2 Å². The summed E-state index contributed by atoms with van der Waals surface area (Å²) >= 11 is 0. The third kappa shape index (κ3) is 3.76. The fourth-order valence-corrected chi connectivity index (χ4v) is 3.98. The van der Waals surface area contributed by atoms with Crippen molar-refractivity contribution in [2.24, 2.45) is 0 Å². The number of rotatable bonds is 2. The fraction of sp³-hybridized carbons (Fsp3) is 0.381. The highest BCUT2D eigenvalue weighted by Crippen LogP contribution is 2.42. The Kier molecular flexibility index (Phi) is 4.90. The third-order valence-corrected chi connectivity index (χ3v) is 5.51. The van der Waals surface area contributed by atoms with Crippen molar-refractivity contribution in [3.05, 3.63) is 52.6 Å². The molecule has 0 aliphatic carbocycles. The van der Waals surface area contributed by atoms with Crippen LogP contribution >= 0.6 is 0 Å². The summed E-state index contributed by atoms with van der Waals surface area (Å²) in [5.41, 5.74) is 3.11. The van der Waals surface area contributed by atoms with Gasteiger partial charge in [0.25, 0.3) is 0 Å². The zero-order valence-corrected chi connectivity index (χ0v) is 16.3. The molecule has 8 heteroatoms. The zero-order chi connectivity index (χ0) is 20.8. The summed E-state index contributed by atoms with van der Waals surface area (Å²) in [4.78, 5) is 16.4. The largest absolute Gasteiger partial charge is 0.496 e. The second kappa shape index (κ2) is 7.26. The zero-order valence-electron chi connectivity index (χ0n) is 16.3. The molecular formula is C21H22F3N3O2. The van der Waals surface area contributed by atoms with Crippen LogP contribution in [0.15, 0.2) is 30.3 Å². The van der Waals surface area contributed by atoms with Gasteiger partial charge in [0.15, 0.2) is 0 Å². The van der Waals surface area contributed by atoms with Crippen LogP contribution in [0.3, 0.4) is 0 Å². The number of amides is 2. The smallest absolute Gasteiger partial charge is 0.420 e. The standard InChI is InChI=1S/C21H22F3N3O2/c1-26-7-5-13-3-4-16(9-15(13)12-26)25-20(28)27-8-6-14-10-19(29-2)17(11-18(14)27)21(22,23)24/h3-4,9-11H,5-8,12H2,1-2H3,(H,25,28). The van der Waals surface area contributed by atoms with Crippen LogP contribution in [-0.4, -0.2) is 38.2 Å². The second-order valence-electron chi connectivity index (χ2n) is 7.48. The van der Waals surface area contributed by atoms with Crippen LogP contribution < -0.4 is 15.0 Å². The maximum absolute atomic E-state index is 13.4. The number of urea groups is 1. The Morgan fingerprint density at radius 1 is 1.07 bits per heavy atom. The molecule has 0 bridgehead atoms. The maximum Gasteiger partial charge on any atom is 0.420 e. The number of ether oxygens (including phenoxy) is 1. The van der Waals surface area contributed by atoms with Crippen LogP contribution in [0.4, 0.5) is 29.3 Å². The Bertz CT molecular complexity index is 959. The van der Waals surface area contributed by atoms with Gasteiger partial charge in [-0.1, -0.05) is 6.07 Å². The van der Waals surface area contributed by atoms with Crippen LogP contribution in [0.25, 0.3) is 0 Å². The van der Waals surface area contributed by atoms with Gasteiger partial charge in [-0.05, 0) is 60.8 Å². The third-order valence-electron chi connectivity index (χ3n) is 5.51. The number of nitrogens with zero attached hydrogens (tertiary/aromatic N) is 2. The van der Waals surface area contributed by atoms with Gasteiger partial charge in [-0.2, -0.15) is 13.2 Å². The van der Waals surface area contributed by atoms with E-state index in [9.17, 15) is 18.0 Å². The number of likely N-dealkylation sites (N-methyl/N-ethyl adjacent to an activating group) is 1. The Labute approximate surface area is 167 Å². The van der Waals surface area contributed by atoms with E-state index >= 15 is 0 Å². The van der Waals surface area contributed by atoms with Crippen LogP contribution in [-0.2, 0) is 25.6 Å². The van der Waals surface area contributed by atoms with Crippen molar-refractivity contribution in [1.29, 1.82) is 0 Å². The van der Waals surface area contributed by atoms with Crippen molar-refractivity contribution in [3.63, 3.8) is 0 Å². The van der Waals surface area contributed by atoms with E-state index in [0.29, 0.717) is 24.2 Å². The molecule has 0 saturated heterocycles. The molecule has 0 unspecified atom stereocenters. The number of halogens is 3. The van der Waals surface area contributed by atoms with E-state index in [-0.39, 0.29) is 11.4 Å². The van der Waals surface area contributed by atoms with Crippen LogP contribution in [0.5, 0.6) is 5.75 Å². The van der Waals surface area contributed by atoms with Gasteiger partial charge in [0, 0.05) is 31.0 Å². The first-order chi connectivity index (χ1) is 13.8. The molecule has 0 spiro atoms. The molecule has 1 N–H and O–H groups in total. The summed E-state index contributed by atoms with van der Waals surface area (Å²) in [5.74, 6) is -0.225. The Morgan fingerprint density at radius 3 is 2.55 bits per heavy atom. The minimum absolute atomic E-state index is 0.225. The summed E-state index contributed by atoms with van der Waals surface area (Å²) in [5, 5.41) is 2.83. The predicted molar refractivity (Wildman–Crippen MR) is 105 cm³/mol. The lowest BCUT2D eigenvalue weighted by Crippen LogP contribution is -2.33. The lowest BCUT2D eigenvalue weighted by atomic mass is 9.99. The molecule has 2 aromatic carbocycles. The number of nitrogens with one attached hydrogen (secondary N) is 1. The van der Waals surface area contributed by atoms with Gasteiger partial charge >= 0.3 is 12.2 Å². The summed E-state index contributed by atoms with van der Waals surface area (Å²) in [6, 6.07) is 7.72. The quantitative estimate of drug-likeness (QED) is 0.811. The highest BCUT2D eigenvalue weighted by Gasteiger charge is 2.37. The number of anilines is 2. The molecular weight excluding hydrogens is 383 g/mol. The van der Waals surface area contributed by atoms with Crippen LogP contribution in [0.1, 0.15) is 22.3 Å². The number of fused-ring (bicyclic) bond motifs is 2.